The normalized spacial score (nSPS) is 26.4. The van der Waals surface area contributed by atoms with E-state index in [0.29, 0.717) is 6.08 Å². The van der Waals surface area contributed by atoms with Gasteiger partial charge in [0, 0.05) is 5.92 Å². The van der Waals surface area contributed by atoms with Crippen LogP contribution in [0.15, 0.2) is 12.7 Å². The van der Waals surface area contributed by atoms with Gasteiger partial charge < -0.3 is 0 Å². The molecule has 3 unspecified atom stereocenters. The minimum atomic E-state index is -7.85. The third-order valence-electron chi connectivity index (χ3n) is 4.57. The molecule has 1 rings (SSSR count). The summed E-state index contributed by atoms with van der Waals surface area (Å²) in [5.41, 5.74) is 0. The van der Waals surface area contributed by atoms with E-state index >= 15 is 0 Å². The number of hydrogen-bond donors (Lipinski definition) is 0. The van der Waals surface area contributed by atoms with Crippen molar-refractivity contribution in [2.24, 2.45) is 17.8 Å². The number of rotatable bonds is 6. The van der Waals surface area contributed by atoms with Crippen LogP contribution in [0.4, 0.5) is 57.1 Å². The highest BCUT2D eigenvalue weighted by Gasteiger charge is 2.91. The quantitative estimate of drug-likeness (QED) is 0.332. The molecular weight excluding hydrogens is 415 g/mol. The molecule has 27 heavy (non-hydrogen) atoms. The van der Waals surface area contributed by atoms with Crippen molar-refractivity contribution in [2.75, 3.05) is 0 Å². The van der Waals surface area contributed by atoms with Crippen molar-refractivity contribution in [3.63, 3.8) is 0 Å². The Hall–Kier alpha value is -1.17. The molecule has 0 heterocycles. The van der Waals surface area contributed by atoms with E-state index in [1.807, 2.05) is 0 Å². The average Bonchev–Trinajstić information content (AvgIpc) is 2.87. The zero-order valence-corrected chi connectivity index (χ0v) is 13.3. The SMILES string of the molecule is C=CC1CC(C)CC1C(F)(F)C(F)(F)C(F)(F)C(F)(F)C(F)(F)C(F)(F)F. The fourth-order valence-corrected chi connectivity index (χ4v) is 3.03. The monoisotopic (exact) mass is 428 g/mol. The topological polar surface area (TPSA) is 0 Å². The van der Waals surface area contributed by atoms with Crippen LogP contribution in [0.2, 0.25) is 0 Å². The lowest BCUT2D eigenvalue weighted by Crippen LogP contribution is -2.71. The molecule has 0 aromatic rings. The Morgan fingerprint density at radius 2 is 1.07 bits per heavy atom. The number of hydrogen-bond acceptors (Lipinski definition) is 0. The van der Waals surface area contributed by atoms with Crippen LogP contribution < -0.4 is 0 Å². The molecule has 0 saturated heterocycles. The Bertz CT molecular complexity index is 560. The summed E-state index contributed by atoms with van der Waals surface area (Å²) in [6.45, 7) is 4.27. The van der Waals surface area contributed by atoms with Crippen LogP contribution >= 0.6 is 0 Å². The van der Waals surface area contributed by atoms with E-state index in [0.717, 1.165) is 0 Å². The van der Waals surface area contributed by atoms with Gasteiger partial charge in [0.25, 0.3) is 0 Å². The molecule has 0 aromatic carbocycles. The van der Waals surface area contributed by atoms with Gasteiger partial charge in [0.05, 0.1) is 0 Å². The molecule has 0 nitrogen and oxygen atoms in total. The minimum Gasteiger partial charge on any atom is -0.199 e. The standard InChI is InChI=1S/C14H13F13/c1-3-7-4-6(2)5-8(7)9(15,16)10(17,18)11(19,20)12(21,22)13(23,24)14(25,26)27/h3,6-8H,1,4-5H2,2H3. The lowest BCUT2D eigenvalue weighted by Gasteiger charge is -2.42. The summed E-state index contributed by atoms with van der Waals surface area (Å²) in [5.74, 6) is -41.5. The second-order valence-electron chi connectivity index (χ2n) is 6.50. The molecule has 1 aliphatic rings. The van der Waals surface area contributed by atoms with Crippen molar-refractivity contribution in [2.45, 2.75) is 55.6 Å². The second kappa shape index (κ2) is 6.43. The van der Waals surface area contributed by atoms with Gasteiger partial charge in [0.15, 0.2) is 0 Å². The molecule has 0 N–H and O–H groups in total. The van der Waals surface area contributed by atoms with E-state index in [9.17, 15) is 57.1 Å². The Balaban J connectivity index is 3.48. The highest BCUT2D eigenvalue weighted by molar-refractivity contribution is 5.13. The van der Waals surface area contributed by atoms with Crippen molar-refractivity contribution in [3.05, 3.63) is 12.7 Å². The van der Waals surface area contributed by atoms with Gasteiger partial charge in [0.1, 0.15) is 0 Å². The zero-order valence-electron chi connectivity index (χ0n) is 13.3. The smallest absolute Gasteiger partial charge is 0.199 e. The van der Waals surface area contributed by atoms with E-state index in [1.165, 1.54) is 6.92 Å². The zero-order chi connectivity index (χ0) is 21.9. The van der Waals surface area contributed by atoms with E-state index in [4.69, 9.17) is 0 Å². The maximum Gasteiger partial charge on any atom is 0.460 e. The first-order valence-corrected chi connectivity index (χ1v) is 7.28. The van der Waals surface area contributed by atoms with E-state index in [-0.39, 0.29) is 6.42 Å². The predicted molar refractivity (Wildman–Crippen MR) is 66.4 cm³/mol. The summed E-state index contributed by atoms with van der Waals surface area (Å²) in [6.07, 6.45) is -7.85. The van der Waals surface area contributed by atoms with Crippen molar-refractivity contribution >= 4 is 0 Å². The lowest BCUT2D eigenvalue weighted by atomic mass is 9.82. The molecule has 0 aromatic heterocycles. The second-order valence-corrected chi connectivity index (χ2v) is 6.50. The first-order valence-electron chi connectivity index (χ1n) is 7.28. The molecule has 0 bridgehead atoms. The molecule has 1 fully saturated rings. The molecular formula is C14H13F13. The average molecular weight is 428 g/mol. The molecule has 0 spiro atoms. The van der Waals surface area contributed by atoms with Gasteiger partial charge in [-0.05, 0) is 24.7 Å². The van der Waals surface area contributed by atoms with Crippen LogP contribution in [0.3, 0.4) is 0 Å². The highest BCUT2D eigenvalue weighted by atomic mass is 19.4. The van der Waals surface area contributed by atoms with Gasteiger partial charge in [-0.1, -0.05) is 13.0 Å². The number of alkyl halides is 13. The van der Waals surface area contributed by atoms with E-state index in [1.54, 1.807) is 0 Å². The molecule has 1 saturated carbocycles. The first kappa shape index (κ1) is 23.9. The van der Waals surface area contributed by atoms with Crippen LogP contribution in [0.5, 0.6) is 0 Å². The van der Waals surface area contributed by atoms with Gasteiger partial charge >= 0.3 is 35.8 Å². The van der Waals surface area contributed by atoms with Gasteiger partial charge in [-0.2, -0.15) is 57.1 Å². The molecule has 3 atom stereocenters. The summed E-state index contributed by atoms with van der Waals surface area (Å²) in [4.78, 5) is 0. The molecule has 1 aliphatic carbocycles. The summed E-state index contributed by atoms with van der Waals surface area (Å²) < 4.78 is 171. The Morgan fingerprint density at radius 3 is 1.44 bits per heavy atom. The first-order chi connectivity index (χ1) is 11.7. The van der Waals surface area contributed by atoms with Gasteiger partial charge in [-0.25, -0.2) is 0 Å². The summed E-state index contributed by atoms with van der Waals surface area (Å²) >= 11 is 0. The Labute approximate surface area is 144 Å². The maximum atomic E-state index is 14.1. The summed E-state index contributed by atoms with van der Waals surface area (Å²) in [5, 5.41) is 0. The molecule has 0 aliphatic heterocycles. The van der Waals surface area contributed by atoms with Crippen LogP contribution in [0.1, 0.15) is 19.8 Å². The number of halogens is 13. The van der Waals surface area contributed by atoms with Gasteiger partial charge in [-0.15, -0.1) is 6.58 Å². The summed E-state index contributed by atoms with van der Waals surface area (Å²) in [7, 11) is 0. The lowest BCUT2D eigenvalue weighted by molar-refractivity contribution is -0.443. The number of allylic oxidation sites excluding steroid dienone is 1. The highest BCUT2D eigenvalue weighted by Crippen LogP contribution is 2.63. The molecule has 0 amide bonds. The van der Waals surface area contributed by atoms with Gasteiger partial charge in [-0.3, -0.25) is 0 Å². The minimum absolute atomic E-state index is 0.263. The van der Waals surface area contributed by atoms with Crippen LogP contribution in [0, 0.1) is 17.8 Å². The molecule has 13 heteroatoms. The van der Waals surface area contributed by atoms with Gasteiger partial charge in [0.2, 0.25) is 0 Å². The third-order valence-corrected chi connectivity index (χ3v) is 4.57. The Morgan fingerprint density at radius 1 is 0.667 bits per heavy atom. The van der Waals surface area contributed by atoms with E-state index < -0.39 is 60.0 Å². The maximum absolute atomic E-state index is 14.1. The van der Waals surface area contributed by atoms with Crippen molar-refractivity contribution < 1.29 is 57.1 Å². The third kappa shape index (κ3) is 3.18. The van der Waals surface area contributed by atoms with Crippen LogP contribution in [-0.4, -0.2) is 35.8 Å². The molecule has 160 valence electrons. The van der Waals surface area contributed by atoms with Crippen molar-refractivity contribution in [1.29, 1.82) is 0 Å². The van der Waals surface area contributed by atoms with Crippen LogP contribution in [0.25, 0.3) is 0 Å². The van der Waals surface area contributed by atoms with Crippen LogP contribution in [-0.2, 0) is 0 Å². The molecule has 0 radical (unpaired) electrons. The fourth-order valence-electron chi connectivity index (χ4n) is 3.03. The van der Waals surface area contributed by atoms with Crippen molar-refractivity contribution in [1.82, 2.24) is 0 Å². The Kier molecular flexibility index (Phi) is 5.68. The van der Waals surface area contributed by atoms with E-state index in [2.05, 4.69) is 6.58 Å². The van der Waals surface area contributed by atoms with Crippen molar-refractivity contribution in [3.8, 4) is 0 Å². The fraction of sp³-hybridized carbons (Fsp3) is 0.857. The predicted octanol–water partition coefficient (Wildman–Crippen LogP) is 6.57. The largest absolute Gasteiger partial charge is 0.460 e. The summed E-state index contributed by atoms with van der Waals surface area (Å²) in [6, 6.07) is 0.